The maximum atomic E-state index is 12.4. The van der Waals surface area contributed by atoms with Crippen LogP contribution in [0.2, 0.25) is 0 Å². The van der Waals surface area contributed by atoms with Gasteiger partial charge in [0.2, 0.25) is 0 Å². The van der Waals surface area contributed by atoms with Crippen molar-refractivity contribution >= 4 is 57.4 Å². The summed E-state index contributed by atoms with van der Waals surface area (Å²) in [5.74, 6) is -0.888. The molecule has 1 aromatic carbocycles. The van der Waals surface area contributed by atoms with Gasteiger partial charge in [-0.1, -0.05) is 129 Å². The van der Waals surface area contributed by atoms with Crippen molar-refractivity contribution in [1.29, 1.82) is 0 Å². The van der Waals surface area contributed by atoms with Crippen LogP contribution in [-0.2, 0) is 9.47 Å². The molecule has 0 aliphatic heterocycles. The topological polar surface area (TPSA) is 52.6 Å². The van der Waals surface area contributed by atoms with Gasteiger partial charge in [-0.25, -0.2) is 9.59 Å². The number of carbonyl (C=O) groups excluding carboxylic acids is 2. The van der Waals surface area contributed by atoms with Crippen molar-refractivity contribution in [3.05, 3.63) is 35.4 Å². The zero-order valence-electron chi connectivity index (χ0n) is 24.8. The first kappa shape index (κ1) is 34.6. The minimum atomic E-state index is -0.444. The van der Waals surface area contributed by atoms with E-state index in [-0.39, 0.29) is 48.3 Å². The molecule has 0 N–H and O–H groups in total. The van der Waals surface area contributed by atoms with Gasteiger partial charge in [-0.05, 0) is 25.0 Å². The first-order chi connectivity index (χ1) is 16.7. The van der Waals surface area contributed by atoms with Crippen LogP contribution in [0.3, 0.4) is 0 Å². The van der Waals surface area contributed by atoms with Crippen molar-refractivity contribution in [3.8, 4) is 0 Å². The molecule has 0 aromatic heterocycles. The first-order valence-electron chi connectivity index (χ1n) is 14.1. The Morgan fingerprint density at radius 1 is 0.600 bits per heavy atom. The second-order valence-electron chi connectivity index (χ2n) is 9.47. The number of rotatable bonds is 16. The zero-order valence-corrected chi connectivity index (χ0v) is 26.3. The third-order valence-electron chi connectivity index (χ3n) is 6.33. The maximum absolute atomic E-state index is 12.4. The minimum Gasteiger partial charge on any atom is -1.00 e. The molecule has 1 aliphatic rings. The fourth-order valence-corrected chi connectivity index (χ4v) is 4.15. The van der Waals surface area contributed by atoms with E-state index in [1.54, 1.807) is 24.3 Å². The van der Waals surface area contributed by atoms with Gasteiger partial charge in [0.1, 0.15) is 0 Å². The molecule has 1 aromatic rings. The van der Waals surface area contributed by atoms with Crippen molar-refractivity contribution in [3.63, 3.8) is 0 Å². The van der Waals surface area contributed by atoms with Gasteiger partial charge in [0.05, 0.1) is 24.3 Å². The molecule has 0 unspecified atom stereocenters. The van der Waals surface area contributed by atoms with E-state index in [0.29, 0.717) is 24.3 Å². The molecule has 0 radical (unpaired) electrons. The number of hydrogen-bond donors (Lipinski definition) is 0. The number of benzene rings is 1. The van der Waals surface area contributed by atoms with Gasteiger partial charge in [-0.3, -0.25) is 0 Å². The predicted octanol–water partition coefficient (Wildman–Crippen LogP) is 8.91. The normalized spacial score (nSPS) is 12.6. The Morgan fingerprint density at radius 3 is 1.26 bits per heavy atom. The summed E-state index contributed by atoms with van der Waals surface area (Å²) in [6.07, 6.45) is 22.6. The third kappa shape index (κ3) is 18.5. The standard InChI is InChI=1S/C24H38O4.C6H12.Sr.2H/c1-3-5-7-9-11-15-19-27-23(25)21-17-13-14-18-22(21)24(26)28-20-16-12-10-8-6-4-2;1-2-4-6-5-3-1;;;/h13-14,17-18H,3-12,15-16,19-20H2,1-2H3;1-6H2;;;/q;;+2;2*-1. The molecule has 2 rings (SSSR count). The van der Waals surface area contributed by atoms with Gasteiger partial charge >= 0.3 is 57.4 Å². The molecule has 35 heavy (non-hydrogen) atoms. The van der Waals surface area contributed by atoms with E-state index in [2.05, 4.69) is 13.8 Å². The summed E-state index contributed by atoms with van der Waals surface area (Å²) < 4.78 is 10.7. The van der Waals surface area contributed by atoms with Crippen LogP contribution in [0.15, 0.2) is 24.3 Å². The van der Waals surface area contributed by atoms with Crippen LogP contribution in [0.25, 0.3) is 0 Å². The molecule has 0 spiro atoms. The SMILES string of the molecule is C1CCCCC1.CCCCCCCCOC(=O)c1ccccc1C(=O)OCCCCCCCC.[H-].[H-].[Sr+2]. The van der Waals surface area contributed by atoms with Crippen molar-refractivity contribution in [2.24, 2.45) is 0 Å². The number of hydrogen-bond acceptors (Lipinski definition) is 4. The van der Waals surface area contributed by atoms with Crippen LogP contribution in [0.1, 0.15) is 153 Å². The number of carbonyl (C=O) groups is 2. The largest absolute Gasteiger partial charge is 2.00 e. The quantitative estimate of drug-likeness (QED) is 0.114. The molecule has 4 nitrogen and oxygen atoms in total. The van der Waals surface area contributed by atoms with Gasteiger partial charge in [0, 0.05) is 0 Å². The van der Waals surface area contributed by atoms with E-state index in [1.165, 1.54) is 89.9 Å². The fraction of sp³-hybridized carbons (Fsp3) is 0.733. The van der Waals surface area contributed by atoms with Crippen molar-refractivity contribution in [1.82, 2.24) is 0 Å². The predicted molar refractivity (Wildman–Crippen MR) is 149 cm³/mol. The molecule has 0 amide bonds. The summed E-state index contributed by atoms with van der Waals surface area (Å²) in [6.45, 7) is 5.17. The second kappa shape index (κ2) is 25.3. The Balaban J connectivity index is -0.00000112. The average Bonchev–Trinajstić information content (AvgIpc) is 2.88. The van der Waals surface area contributed by atoms with Gasteiger partial charge in [0.25, 0.3) is 0 Å². The van der Waals surface area contributed by atoms with Gasteiger partial charge in [-0.2, -0.15) is 0 Å². The average molecular weight is 564 g/mol. The fourth-order valence-electron chi connectivity index (χ4n) is 4.15. The van der Waals surface area contributed by atoms with Crippen molar-refractivity contribution in [2.45, 2.75) is 129 Å². The Morgan fingerprint density at radius 2 is 0.914 bits per heavy atom. The van der Waals surface area contributed by atoms with E-state index in [4.69, 9.17) is 9.47 Å². The van der Waals surface area contributed by atoms with Crippen LogP contribution in [0.5, 0.6) is 0 Å². The molecular formula is C30H52O4Sr. The van der Waals surface area contributed by atoms with E-state index in [1.807, 2.05) is 0 Å². The molecule has 0 saturated heterocycles. The summed E-state index contributed by atoms with van der Waals surface area (Å²) in [5, 5.41) is 0. The molecule has 1 fully saturated rings. The van der Waals surface area contributed by atoms with Crippen LogP contribution in [-0.4, -0.2) is 70.6 Å². The molecule has 198 valence electrons. The van der Waals surface area contributed by atoms with E-state index >= 15 is 0 Å². The van der Waals surface area contributed by atoms with E-state index < -0.39 is 11.9 Å². The molecular weight excluding hydrogens is 512 g/mol. The first-order valence-corrected chi connectivity index (χ1v) is 14.1. The molecule has 0 heterocycles. The number of esters is 2. The monoisotopic (exact) mass is 564 g/mol. The molecule has 1 aliphatic carbocycles. The summed E-state index contributed by atoms with van der Waals surface area (Å²) in [5.41, 5.74) is 0.586. The summed E-state index contributed by atoms with van der Waals surface area (Å²) in [7, 11) is 0. The van der Waals surface area contributed by atoms with E-state index in [9.17, 15) is 9.59 Å². The van der Waals surface area contributed by atoms with Gasteiger partial charge < -0.3 is 12.3 Å². The number of unbranched alkanes of at least 4 members (excludes halogenated alkanes) is 10. The smallest absolute Gasteiger partial charge is 1.00 e. The number of ether oxygens (including phenoxy) is 2. The Hall–Kier alpha value is -0.359. The molecule has 0 bridgehead atoms. The Bertz CT molecular complexity index is 594. The minimum absolute atomic E-state index is 0. The van der Waals surface area contributed by atoms with Crippen molar-refractivity contribution < 1.29 is 21.9 Å². The third-order valence-corrected chi connectivity index (χ3v) is 6.33. The van der Waals surface area contributed by atoms with E-state index in [0.717, 1.165) is 25.7 Å². The summed E-state index contributed by atoms with van der Waals surface area (Å²) in [4.78, 5) is 24.7. The van der Waals surface area contributed by atoms with Crippen LogP contribution >= 0.6 is 0 Å². The van der Waals surface area contributed by atoms with Crippen LogP contribution in [0.4, 0.5) is 0 Å². The maximum Gasteiger partial charge on any atom is 2.00 e. The van der Waals surface area contributed by atoms with Crippen LogP contribution in [0, 0.1) is 0 Å². The summed E-state index contributed by atoms with van der Waals surface area (Å²) >= 11 is 0. The Kier molecular flexibility index (Phi) is 25.0. The summed E-state index contributed by atoms with van der Waals surface area (Å²) in [6, 6.07) is 6.74. The van der Waals surface area contributed by atoms with Gasteiger partial charge in [0.15, 0.2) is 0 Å². The molecule has 0 atom stereocenters. The van der Waals surface area contributed by atoms with Crippen molar-refractivity contribution in [2.75, 3.05) is 13.2 Å². The Labute approximate surface area is 255 Å². The van der Waals surface area contributed by atoms with Gasteiger partial charge in [-0.15, -0.1) is 0 Å². The molecule has 5 heteroatoms. The second-order valence-corrected chi connectivity index (χ2v) is 9.47. The zero-order chi connectivity index (χ0) is 24.7. The van der Waals surface area contributed by atoms with Crippen LogP contribution < -0.4 is 0 Å². The molecule has 1 saturated carbocycles.